The highest BCUT2D eigenvalue weighted by molar-refractivity contribution is 5.85. The lowest BCUT2D eigenvalue weighted by atomic mass is 10.2. The number of benzene rings is 2. The Morgan fingerprint density at radius 2 is 1.39 bits per heavy atom. The summed E-state index contributed by atoms with van der Waals surface area (Å²) in [5.74, 6) is 1.71. The van der Waals surface area contributed by atoms with Gasteiger partial charge in [0.25, 0.3) is 0 Å². The van der Waals surface area contributed by atoms with E-state index in [-0.39, 0.29) is 0 Å². The van der Waals surface area contributed by atoms with Gasteiger partial charge in [-0.15, -0.1) is 10.2 Å². The third kappa shape index (κ3) is 5.48. The van der Waals surface area contributed by atoms with Crippen molar-refractivity contribution in [2.24, 2.45) is 7.05 Å². The summed E-state index contributed by atoms with van der Waals surface area (Å²) in [6.45, 7) is 0. The molecule has 23 heavy (non-hydrogen) atoms. The van der Waals surface area contributed by atoms with Crippen LogP contribution in [0.5, 0.6) is 11.6 Å². The Labute approximate surface area is 135 Å². The molecule has 0 N–H and O–H groups in total. The van der Waals surface area contributed by atoms with E-state index in [2.05, 4.69) is 18.2 Å². The molecule has 6 nitrogen and oxygen atoms in total. The number of para-hydroxylation sites is 1. The molecule has 0 bridgehead atoms. The van der Waals surface area contributed by atoms with Gasteiger partial charge in [-0.3, -0.25) is 0 Å². The van der Waals surface area contributed by atoms with Gasteiger partial charge in [0.2, 0.25) is 0 Å². The number of hydrogen-bond acceptors (Lipinski definition) is 5. The minimum atomic E-state index is -4.94. The van der Waals surface area contributed by atoms with Crippen molar-refractivity contribution in [2.45, 2.75) is 0 Å². The third-order valence-electron chi connectivity index (χ3n) is 2.95. The number of rotatable bonds is 2. The van der Waals surface area contributed by atoms with Gasteiger partial charge in [-0.2, -0.15) is 4.57 Å². The van der Waals surface area contributed by atoms with Gasteiger partial charge in [-0.05, 0) is 23.6 Å². The lowest BCUT2D eigenvalue weighted by Crippen LogP contribution is -2.68. The van der Waals surface area contributed by atoms with E-state index in [0.29, 0.717) is 0 Å². The van der Waals surface area contributed by atoms with Crippen molar-refractivity contribution in [1.29, 1.82) is 0 Å². The van der Waals surface area contributed by atoms with E-state index in [4.69, 9.17) is 23.4 Å². The van der Waals surface area contributed by atoms with Crippen LogP contribution in [-0.2, 0) is 7.05 Å². The molecule has 0 saturated heterocycles. The van der Waals surface area contributed by atoms with Gasteiger partial charge in [0, 0.05) is 6.07 Å². The van der Waals surface area contributed by atoms with Crippen molar-refractivity contribution in [3.8, 4) is 11.6 Å². The quantitative estimate of drug-likeness (QED) is 0.541. The first kappa shape index (κ1) is 17.1. The molecular weight excluding hydrogens is 322 g/mol. The van der Waals surface area contributed by atoms with Crippen LogP contribution in [0.2, 0.25) is 0 Å². The molecule has 3 aromatic rings. The molecule has 1 heterocycles. The van der Waals surface area contributed by atoms with Crippen molar-refractivity contribution in [2.75, 3.05) is 0 Å². The number of halogens is 1. The van der Waals surface area contributed by atoms with Crippen molar-refractivity contribution in [3.63, 3.8) is 0 Å². The Kier molecular flexibility index (Phi) is 5.49. The van der Waals surface area contributed by atoms with E-state index < -0.39 is 10.2 Å². The first-order valence-electron chi connectivity index (χ1n) is 6.56. The molecule has 0 fully saturated rings. The summed E-state index contributed by atoms with van der Waals surface area (Å²) in [5.41, 5.74) is 0. The molecule has 0 unspecified atom stereocenters. The van der Waals surface area contributed by atoms with E-state index in [1.165, 1.54) is 5.39 Å². The number of hydrogen-bond donors (Lipinski definition) is 0. The van der Waals surface area contributed by atoms with Crippen molar-refractivity contribution in [1.82, 2.24) is 0 Å². The first-order chi connectivity index (χ1) is 10.8. The largest absolute Gasteiger partial charge is 0.405 e. The summed E-state index contributed by atoms with van der Waals surface area (Å²) < 4.78 is 42.0. The van der Waals surface area contributed by atoms with E-state index in [1.807, 2.05) is 60.3 Å². The molecule has 0 radical (unpaired) electrons. The number of fused-ring (bicyclic) bond motifs is 1. The van der Waals surface area contributed by atoms with E-state index in [1.54, 1.807) is 0 Å². The Bertz CT molecular complexity index is 768. The molecule has 0 amide bonds. The predicted molar refractivity (Wildman–Crippen MR) is 71.6 cm³/mol. The molecule has 1 aromatic heterocycles. The Hall–Kier alpha value is -2.22. The zero-order chi connectivity index (χ0) is 16.9. The van der Waals surface area contributed by atoms with Crippen LogP contribution < -0.4 is 27.9 Å². The van der Waals surface area contributed by atoms with Gasteiger partial charge in [-0.1, -0.05) is 36.4 Å². The zero-order valence-electron chi connectivity index (χ0n) is 12.2. The van der Waals surface area contributed by atoms with Gasteiger partial charge in [0.15, 0.2) is 6.20 Å². The second-order valence-electron chi connectivity index (χ2n) is 4.61. The number of ether oxygens (including phenoxy) is 1. The molecule has 0 saturated carbocycles. The molecule has 0 atom stereocenters. The molecule has 0 spiro atoms. The fraction of sp³-hybridized carbons (Fsp3) is 0.0625. The van der Waals surface area contributed by atoms with E-state index in [9.17, 15) is 0 Å². The lowest BCUT2D eigenvalue weighted by Gasteiger charge is -2.17. The molecule has 7 heteroatoms. The van der Waals surface area contributed by atoms with Crippen molar-refractivity contribution >= 4 is 10.8 Å². The number of nitrogens with zero attached hydrogens (tertiary/aromatic N) is 1. The summed E-state index contributed by atoms with van der Waals surface area (Å²) in [6.07, 6.45) is 2.01. The van der Waals surface area contributed by atoms with E-state index in [0.717, 1.165) is 17.0 Å². The van der Waals surface area contributed by atoms with Crippen LogP contribution in [0.4, 0.5) is 0 Å². The standard InChI is InChI=1S/C16H14NO.ClHO4/c1-17-12-11-13-7-5-6-10-15(13)16(17)18-14-8-3-2-4-9-14;2-1(3,4)5/h2-12H,1H3;(H,2,3,4,5)/q+1;/p-1. The average molecular weight is 336 g/mol. The van der Waals surface area contributed by atoms with Gasteiger partial charge >= 0.3 is 5.88 Å². The first-order valence-corrected chi connectivity index (χ1v) is 7.80. The highest BCUT2D eigenvalue weighted by atomic mass is 35.7. The summed E-state index contributed by atoms with van der Waals surface area (Å²) in [7, 11) is -2.95. The molecular formula is C16H14ClNO5. The number of aromatic nitrogens is 1. The van der Waals surface area contributed by atoms with Crippen molar-refractivity contribution < 1.29 is 38.2 Å². The molecule has 3 rings (SSSR count). The predicted octanol–water partition coefficient (Wildman–Crippen LogP) is -1.30. The van der Waals surface area contributed by atoms with E-state index >= 15 is 0 Å². The van der Waals surface area contributed by atoms with Crippen LogP contribution in [-0.4, -0.2) is 0 Å². The number of aryl methyl sites for hydroxylation is 1. The lowest BCUT2D eigenvalue weighted by molar-refractivity contribution is -2.00. The summed E-state index contributed by atoms with van der Waals surface area (Å²) in [4.78, 5) is 0. The summed E-state index contributed by atoms with van der Waals surface area (Å²) in [5, 5.41) is 2.30. The maximum absolute atomic E-state index is 8.49. The highest BCUT2D eigenvalue weighted by Crippen LogP contribution is 2.25. The monoisotopic (exact) mass is 335 g/mol. The third-order valence-corrected chi connectivity index (χ3v) is 2.95. The Balaban J connectivity index is 0.000000338. The number of pyridine rings is 1. The molecule has 120 valence electrons. The Morgan fingerprint density at radius 1 is 0.826 bits per heavy atom. The van der Waals surface area contributed by atoms with Gasteiger partial charge < -0.3 is 4.74 Å². The Morgan fingerprint density at radius 3 is 2.04 bits per heavy atom. The SMILES string of the molecule is C[n+]1ccc2ccccc2c1Oc1ccccc1.[O-][Cl+3]([O-])([O-])[O-]. The van der Waals surface area contributed by atoms with Crippen LogP contribution in [0.1, 0.15) is 0 Å². The van der Waals surface area contributed by atoms with Crippen LogP contribution in [0.15, 0.2) is 66.9 Å². The fourth-order valence-electron chi connectivity index (χ4n) is 2.01. The molecule has 0 aliphatic heterocycles. The van der Waals surface area contributed by atoms with Gasteiger partial charge in [0.1, 0.15) is 12.8 Å². The molecule has 0 aliphatic rings. The van der Waals surface area contributed by atoms with Crippen LogP contribution in [0.3, 0.4) is 0 Å². The highest BCUT2D eigenvalue weighted by Gasteiger charge is 2.13. The van der Waals surface area contributed by atoms with Crippen LogP contribution in [0.25, 0.3) is 10.8 Å². The second kappa shape index (κ2) is 7.36. The average Bonchev–Trinajstić information content (AvgIpc) is 2.50. The molecule has 2 aromatic carbocycles. The normalized spacial score (nSPS) is 10.8. The second-order valence-corrected chi connectivity index (χ2v) is 5.37. The van der Waals surface area contributed by atoms with Gasteiger partial charge in [0.05, 0.1) is 5.39 Å². The summed E-state index contributed by atoms with van der Waals surface area (Å²) >= 11 is 0. The molecule has 0 aliphatic carbocycles. The zero-order valence-corrected chi connectivity index (χ0v) is 13.0. The minimum absolute atomic E-state index is 0.851. The van der Waals surface area contributed by atoms with Gasteiger partial charge in [-0.25, -0.2) is 18.6 Å². The van der Waals surface area contributed by atoms with Crippen molar-refractivity contribution in [3.05, 3.63) is 66.9 Å². The minimum Gasteiger partial charge on any atom is -0.405 e. The topological polar surface area (TPSA) is 105 Å². The smallest absolute Gasteiger partial charge is 0.381 e. The summed E-state index contributed by atoms with van der Waals surface area (Å²) in [6, 6.07) is 20.2. The maximum Gasteiger partial charge on any atom is 0.381 e. The van der Waals surface area contributed by atoms with Crippen LogP contribution in [0, 0.1) is 10.2 Å². The maximum atomic E-state index is 8.49. The fourth-order valence-corrected chi connectivity index (χ4v) is 2.01. The van der Waals surface area contributed by atoms with Crippen LogP contribution >= 0.6 is 0 Å².